The number of esters is 1. The lowest BCUT2D eigenvalue weighted by Gasteiger charge is -2.14. The van der Waals surface area contributed by atoms with E-state index in [9.17, 15) is 27.6 Å². The van der Waals surface area contributed by atoms with Crippen LogP contribution in [-0.2, 0) is 15.7 Å². The van der Waals surface area contributed by atoms with Crippen LogP contribution >= 0.6 is 23.1 Å². The number of amides is 2. The Morgan fingerprint density at radius 2 is 1.83 bits per heavy atom. The van der Waals surface area contributed by atoms with E-state index in [2.05, 4.69) is 20.0 Å². The lowest BCUT2D eigenvalue weighted by atomic mass is 10.1. The summed E-state index contributed by atoms with van der Waals surface area (Å²) >= 11 is 1.52. The Morgan fingerprint density at radius 1 is 1.17 bits per heavy atom. The largest absolute Gasteiger partial charge is 0.465 e. The van der Waals surface area contributed by atoms with Gasteiger partial charge in [-0.15, -0.1) is 11.3 Å². The molecule has 2 amide bonds. The van der Waals surface area contributed by atoms with Crippen LogP contribution in [0.25, 0.3) is 11.3 Å². The highest BCUT2D eigenvalue weighted by Gasteiger charge is 2.34. The number of methoxy groups -OCH3 is 1. The van der Waals surface area contributed by atoms with Gasteiger partial charge in [-0.3, -0.25) is 9.59 Å². The number of carbonyl (C=O) groups excluding carboxylic acids is 3. The molecule has 13 heteroatoms. The second kappa shape index (κ2) is 10.4. The Balaban J connectivity index is 1.89. The molecule has 35 heavy (non-hydrogen) atoms. The number of anilines is 1. The molecular formula is C22H19F3N4O4S2. The highest BCUT2D eigenvalue weighted by molar-refractivity contribution is 8.00. The molecule has 0 aliphatic carbocycles. The first-order chi connectivity index (χ1) is 16.4. The second-order valence-corrected chi connectivity index (χ2v) is 9.48. The molecule has 1 unspecified atom stereocenters. The number of thiophene rings is 1. The fourth-order valence-corrected chi connectivity index (χ4v) is 4.91. The van der Waals surface area contributed by atoms with Gasteiger partial charge in [0.1, 0.15) is 15.6 Å². The van der Waals surface area contributed by atoms with Crippen LogP contribution in [0.15, 0.2) is 41.6 Å². The molecule has 3 aromatic rings. The number of hydrogen-bond donors (Lipinski definition) is 2. The molecule has 184 valence electrons. The van der Waals surface area contributed by atoms with Gasteiger partial charge in [0.05, 0.1) is 23.6 Å². The molecule has 0 saturated carbocycles. The minimum atomic E-state index is -4.72. The molecule has 2 heterocycles. The summed E-state index contributed by atoms with van der Waals surface area (Å²) in [4.78, 5) is 44.5. The van der Waals surface area contributed by atoms with E-state index in [4.69, 9.17) is 5.73 Å². The van der Waals surface area contributed by atoms with Gasteiger partial charge in [-0.05, 0) is 25.5 Å². The first-order valence-corrected chi connectivity index (χ1v) is 11.6. The van der Waals surface area contributed by atoms with Crippen molar-refractivity contribution < 1.29 is 32.3 Å². The number of halogens is 3. The van der Waals surface area contributed by atoms with Crippen LogP contribution < -0.4 is 11.1 Å². The number of ether oxygens (including phenoxy) is 1. The van der Waals surface area contributed by atoms with Crippen molar-refractivity contribution in [3.63, 3.8) is 0 Å². The molecule has 8 nitrogen and oxygen atoms in total. The van der Waals surface area contributed by atoms with Crippen molar-refractivity contribution in [2.45, 2.75) is 30.4 Å². The number of benzene rings is 1. The molecule has 0 saturated heterocycles. The molecule has 0 aliphatic rings. The SMILES string of the molecule is COC(=O)c1sc(NC(=O)C(C)Sc2nc(-c3ccccc3)cc(C(F)(F)F)n2)c(C(N)=O)c1C. The Bertz CT molecular complexity index is 1280. The van der Waals surface area contributed by atoms with E-state index in [-0.39, 0.29) is 31.9 Å². The third-order valence-electron chi connectivity index (χ3n) is 4.72. The van der Waals surface area contributed by atoms with E-state index in [0.29, 0.717) is 17.3 Å². The Morgan fingerprint density at radius 3 is 2.40 bits per heavy atom. The number of primary amides is 1. The van der Waals surface area contributed by atoms with E-state index < -0.39 is 34.9 Å². The Labute approximate surface area is 206 Å². The molecule has 1 atom stereocenters. The van der Waals surface area contributed by atoms with Gasteiger partial charge in [-0.1, -0.05) is 42.1 Å². The Kier molecular flexibility index (Phi) is 7.80. The van der Waals surface area contributed by atoms with Crippen LogP contribution in [0.3, 0.4) is 0 Å². The number of nitrogens with zero attached hydrogens (tertiary/aromatic N) is 2. The third kappa shape index (κ3) is 5.98. The lowest BCUT2D eigenvalue weighted by molar-refractivity contribution is -0.141. The number of aromatic nitrogens is 2. The van der Waals surface area contributed by atoms with Crippen molar-refractivity contribution in [3.8, 4) is 11.3 Å². The molecule has 0 spiro atoms. The van der Waals surface area contributed by atoms with Gasteiger partial charge < -0.3 is 15.8 Å². The summed E-state index contributed by atoms with van der Waals surface area (Å²) in [5, 5.41) is 1.32. The van der Waals surface area contributed by atoms with Crippen LogP contribution in [0, 0.1) is 6.92 Å². The molecule has 3 rings (SSSR count). The average Bonchev–Trinajstić information content (AvgIpc) is 3.14. The average molecular weight is 525 g/mol. The maximum atomic E-state index is 13.4. The first kappa shape index (κ1) is 26.2. The van der Waals surface area contributed by atoms with Gasteiger partial charge in [-0.2, -0.15) is 13.2 Å². The number of hydrogen-bond acceptors (Lipinski definition) is 8. The van der Waals surface area contributed by atoms with Gasteiger partial charge in [0.2, 0.25) is 5.91 Å². The normalized spacial score (nSPS) is 12.2. The molecule has 1 aromatic carbocycles. The van der Waals surface area contributed by atoms with Crippen molar-refractivity contribution in [2.75, 3.05) is 12.4 Å². The molecular weight excluding hydrogens is 505 g/mol. The summed E-state index contributed by atoms with van der Waals surface area (Å²) in [5.41, 5.74) is 4.96. The van der Waals surface area contributed by atoms with E-state index >= 15 is 0 Å². The number of thioether (sulfide) groups is 1. The number of alkyl halides is 3. The van der Waals surface area contributed by atoms with Crippen LogP contribution in [0.1, 0.15) is 38.2 Å². The summed E-state index contributed by atoms with van der Waals surface area (Å²) in [6, 6.07) is 9.10. The minimum absolute atomic E-state index is 0.0304. The van der Waals surface area contributed by atoms with Crippen molar-refractivity contribution in [1.82, 2.24) is 9.97 Å². The molecule has 0 radical (unpaired) electrons. The highest BCUT2D eigenvalue weighted by atomic mass is 32.2. The van der Waals surface area contributed by atoms with Crippen LogP contribution in [0.4, 0.5) is 18.2 Å². The fourth-order valence-electron chi connectivity index (χ4n) is 2.99. The smallest absolute Gasteiger partial charge is 0.433 e. The molecule has 2 aromatic heterocycles. The van der Waals surface area contributed by atoms with Crippen molar-refractivity contribution in [3.05, 3.63) is 58.1 Å². The zero-order valence-corrected chi connectivity index (χ0v) is 20.2. The topological polar surface area (TPSA) is 124 Å². The number of nitrogens with one attached hydrogen (secondary N) is 1. The Hall–Kier alpha value is -3.45. The van der Waals surface area contributed by atoms with E-state index in [1.54, 1.807) is 30.3 Å². The van der Waals surface area contributed by atoms with Crippen molar-refractivity contribution in [1.29, 1.82) is 0 Å². The van der Waals surface area contributed by atoms with Gasteiger partial charge in [0.15, 0.2) is 5.16 Å². The van der Waals surface area contributed by atoms with Gasteiger partial charge >= 0.3 is 12.1 Å². The standard InChI is InChI=1S/C22H19F3N4O4S2/c1-10-15(17(26)30)19(35-16(10)20(32)33-3)29-18(31)11(2)34-21-27-13(12-7-5-4-6-8-12)9-14(28-21)22(23,24)25/h4-9,11H,1-3H3,(H2,26,30)(H,29,31). The van der Waals surface area contributed by atoms with Crippen molar-refractivity contribution >= 4 is 45.9 Å². The quantitative estimate of drug-likeness (QED) is 0.264. The number of carbonyl (C=O) groups is 3. The zero-order valence-electron chi connectivity index (χ0n) is 18.6. The van der Waals surface area contributed by atoms with Gasteiger partial charge in [0.25, 0.3) is 5.91 Å². The van der Waals surface area contributed by atoms with E-state index in [1.165, 1.54) is 21.0 Å². The van der Waals surface area contributed by atoms with Crippen molar-refractivity contribution in [2.24, 2.45) is 5.73 Å². The fraction of sp³-hybridized carbons (Fsp3) is 0.227. The van der Waals surface area contributed by atoms with Crippen LogP contribution in [-0.4, -0.2) is 40.1 Å². The van der Waals surface area contributed by atoms with E-state index in [0.717, 1.165) is 17.4 Å². The molecule has 0 bridgehead atoms. The first-order valence-electron chi connectivity index (χ1n) is 9.93. The third-order valence-corrected chi connectivity index (χ3v) is 6.87. The molecule has 0 aliphatic heterocycles. The predicted octanol–water partition coefficient (Wildman–Crippen LogP) is 4.54. The molecule has 0 fully saturated rings. The number of nitrogens with two attached hydrogens (primary N) is 1. The number of rotatable bonds is 7. The molecule has 3 N–H and O–H groups in total. The highest BCUT2D eigenvalue weighted by Crippen LogP contribution is 2.35. The summed E-state index contributed by atoms with van der Waals surface area (Å²) in [6.45, 7) is 2.93. The van der Waals surface area contributed by atoms with Crippen LogP contribution in [0.2, 0.25) is 0 Å². The predicted molar refractivity (Wildman–Crippen MR) is 125 cm³/mol. The van der Waals surface area contributed by atoms with Gasteiger partial charge in [-0.25, -0.2) is 14.8 Å². The minimum Gasteiger partial charge on any atom is -0.465 e. The lowest BCUT2D eigenvalue weighted by Crippen LogP contribution is -2.24. The maximum Gasteiger partial charge on any atom is 0.433 e. The summed E-state index contributed by atoms with van der Waals surface area (Å²) in [5.74, 6) is -2.22. The second-order valence-electron chi connectivity index (χ2n) is 7.15. The van der Waals surface area contributed by atoms with Crippen LogP contribution in [0.5, 0.6) is 0 Å². The zero-order chi connectivity index (χ0) is 25.9. The summed E-state index contributed by atoms with van der Waals surface area (Å²) < 4.78 is 45.0. The summed E-state index contributed by atoms with van der Waals surface area (Å²) in [7, 11) is 1.17. The maximum absolute atomic E-state index is 13.4. The van der Waals surface area contributed by atoms with E-state index in [1.807, 2.05) is 0 Å². The summed E-state index contributed by atoms with van der Waals surface area (Å²) in [6.07, 6.45) is -4.72. The van der Waals surface area contributed by atoms with Gasteiger partial charge in [0, 0.05) is 5.56 Å². The monoisotopic (exact) mass is 524 g/mol.